The number of aryl methyl sites for hydroxylation is 2. The van der Waals surface area contributed by atoms with E-state index in [-0.39, 0.29) is 24.3 Å². The van der Waals surface area contributed by atoms with Crippen molar-refractivity contribution in [1.29, 1.82) is 0 Å². The monoisotopic (exact) mass is 493 g/mol. The molecule has 9 heteroatoms. The Morgan fingerprint density at radius 3 is 2.61 bits per heavy atom. The van der Waals surface area contributed by atoms with Crippen molar-refractivity contribution in [3.63, 3.8) is 0 Å². The second-order valence-electron chi connectivity index (χ2n) is 9.25. The van der Waals surface area contributed by atoms with E-state index in [0.29, 0.717) is 16.9 Å². The van der Waals surface area contributed by atoms with Crippen molar-refractivity contribution in [1.82, 2.24) is 19.7 Å². The predicted molar refractivity (Wildman–Crippen MR) is 133 cm³/mol. The first-order valence-electron chi connectivity index (χ1n) is 11.9. The third kappa shape index (κ3) is 5.19. The van der Waals surface area contributed by atoms with Crippen LogP contribution in [0.4, 0.5) is 19.0 Å². The Hall–Kier alpha value is -3.88. The molecule has 5 rings (SSSR count). The number of carbonyl (C=O) groups is 1. The van der Waals surface area contributed by atoms with Crippen molar-refractivity contribution in [2.75, 3.05) is 11.9 Å². The maximum absolute atomic E-state index is 12.8. The lowest BCUT2D eigenvalue weighted by Gasteiger charge is -2.13. The summed E-state index contributed by atoms with van der Waals surface area (Å²) in [5.74, 6) is 0.198. The molecule has 4 aromatic rings. The van der Waals surface area contributed by atoms with E-state index >= 15 is 0 Å². The summed E-state index contributed by atoms with van der Waals surface area (Å²) in [6, 6.07) is 13.6. The van der Waals surface area contributed by atoms with Gasteiger partial charge in [0.05, 0.1) is 24.0 Å². The Morgan fingerprint density at radius 2 is 1.92 bits per heavy atom. The van der Waals surface area contributed by atoms with Crippen LogP contribution in [0.25, 0.3) is 28.2 Å². The van der Waals surface area contributed by atoms with Crippen molar-refractivity contribution in [2.45, 2.75) is 45.3 Å². The number of fused-ring (bicyclic) bond motifs is 1. The Kier molecular flexibility index (Phi) is 6.15. The molecule has 2 aromatic carbocycles. The molecule has 0 bridgehead atoms. The van der Waals surface area contributed by atoms with E-state index in [4.69, 9.17) is 0 Å². The number of amides is 1. The summed E-state index contributed by atoms with van der Waals surface area (Å²) < 4.78 is 40.2. The van der Waals surface area contributed by atoms with E-state index in [9.17, 15) is 18.0 Å². The van der Waals surface area contributed by atoms with Crippen molar-refractivity contribution in [3.8, 4) is 22.5 Å². The van der Waals surface area contributed by atoms with Crippen molar-refractivity contribution >= 4 is 17.4 Å². The molecule has 0 unspecified atom stereocenters. The number of halogens is 3. The second kappa shape index (κ2) is 9.29. The highest BCUT2D eigenvalue weighted by molar-refractivity contribution is 5.96. The maximum Gasteiger partial charge on any atom is 0.390 e. The number of rotatable bonds is 7. The molecule has 1 aliphatic carbocycles. The summed E-state index contributed by atoms with van der Waals surface area (Å²) in [6.07, 6.45) is 0.285. The SMILES string of the molecule is Cc1cccc(-c2cn3c(-c4ccc(C(=O)NC5CC5)c(C)c4)cnc3c(NCCC(F)(F)F)n2)c1. The van der Waals surface area contributed by atoms with Crippen LogP contribution in [-0.2, 0) is 0 Å². The van der Waals surface area contributed by atoms with Crippen LogP contribution in [0.15, 0.2) is 54.9 Å². The number of aromatic nitrogens is 3. The standard InChI is InChI=1S/C27H26F3N5O/c1-16-4-3-5-18(12-16)22-15-35-23(14-32-25(35)24(34-22)31-11-10-27(28,29)30)19-6-9-21(17(2)13-19)26(36)33-20-7-8-20/h3-6,9,12-15,20H,7-8,10-11H2,1-2H3,(H,31,34)(H,33,36). The fourth-order valence-electron chi connectivity index (χ4n) is 4.16. The van der Waals surface area contributed by atoms with Gasteiger partial charge in [-0.25, -0.2) is 9.97 Å². The van der Waals surface area contributed by atoms with Crippen molar-refractivity contribution < 1.29 is 18.0 Å². The van der Waals surface area contributed by atoms with Gasteiger partial charge in [0.15, 0.2) is 11.5 Å². The third-order valence-corrected chi connectivity index (χ3v) is 6.19. The van der Waals surface area contributed by atoms with E-state index in [1.807, 2.05) is 60.8 Å². The van der Waals surface area contributed by atoms with Gasteiger partial charge in [0.2, 0.25) is 0 Å². The molecular formula is C27H26F3N5O. The van der Waals surface area contributed by atoms with Gasteiger partial charge in [0.1, 0.15) is 0 Å². The molecule has 1 amide bonds. The number of benzene rings is 2. The van der Waals surface area contributed by atoms with E-state index < -0.39 is 12.6 Å². The van der Waals surface area contributed by atoms with E-state index in [0.717, 1.165) is 40.8 Å². The Labute approximate surface area is 206 Å². The molecule has 0 aliphatic heterocycles. The minimum atomic E-state index is -4.27. The van der Waals surface area contributed by atoms with Gasteiger partial charge < -0.3 is 10.6 Å². The van der Waals surface area contributed by atoms with Gasteiger partial charge >= 0.3 is 6.18 Å². The summed E-state index contributed by atoms with van der Waals surface area (Å²) >= 11 is 0. The highest BCUT2D eigenvalue weighted by Gasteiger charge is 2.27. The Balaban J connectivity index is 1.55. The van der Waals surface area contributed by atoms with Crippen molar-refractivity contribution in [3.05, 3.63) is 71.5 Å². The lowest BCUT2D eigenvalue weighted by Crippen LogP contribution is -2.26. The first-order chi connectivity index (χ1) is 17.2. The third-order valence-electron chi connectivity index (χ3n) is 6.19. The molecule has 0 atom stereocenters. The number of imidazole rings is 1. The number of nitrogens with one attached hydrogen (secondary N) is 2. The smallest absolute Gasteiger partial charge is 0.367 e. The first kappa shape index (κ1) is 23.8. The number of hydrogen-bond acceptors (Lipinski definition) is 4. The molecule has 1 saturated carbocycles. The quantitative estimate of drug-likeness (QED) is 0.334. The predicted octanol–water partition coefficient (Wildman–Crippen LogP) is 5.94. The van der Waals surface area contributed by atoms with Crippen LogP contribution in [-0.4, -0.2) is 39.0 Å². The summed E-state index contributed by atoms with van der Waals surface area (Å²) in [5.41, 5.74) is 5.96. The van der Waals surface area contributed by atoms with E-state index in [2.05, 4.69) is 20.6 Å². The number of hydrogen-bond donors (Lipinski definition) is 2. The topological polar surface area (TPSA) is 71.3 Å². The van der Waals surface area contributed by atoms with E-state index in [1.54, 1.807) is 12.3 Å². The molecule has 1 aliphatic rings. The highest BCUT2D eigenvalue weighted by atomic mass is 19.4. The summed E-state index contributed by atoms with van der Waals surface area (Å²) in [4.78, 5) is 21.6. The molecule has 0 radical (unpaired) electrons. The lowest BCUT2D eigenvalue weighted by atomic mass is 10.0. The highest BCUT2D eigenvalue weighted by Crippen LogP contribution is 2.30. The summed E-state index contributed by atoms with van der Waals surface area (Å²) in [7, 11) is 0. The summed E-state index contributed by atoms with van der Waals surface area (Å²) in [6.45, 7) is 3.55. The Bertz CT molecular complexity index is 1440. The largest absolute Gasteiger partial charge is 0.390 e. The minimum Gasteiger partial charge on any atom is -0.367 e. The van der Waals surface area contributed by atoms with Gasteiger partial charge in [-0.1, -0.05) is 29.8 Å². The van der Waals surface area contributed by atoms with Gasteiger partial charge in [-0.3, -0.25) is 9.20 Å². The summed E-state index contributed by atoms with van der Waals surface area (Å²) in [5, 5.41) is 5.84. The number of nitrogens with zero attached hydrogens (tertiary/aromatic N) is 3. The maximum atomic E-state index is 12.8. The zero-order valence-electron chi connectivity index (χ0n) is 20.0. The van der Waals surface area contributed by atoms with Crippen LogP contribution < -0.4 is 10.6 Å². The molecule has 6 nitrogen and oxygen atoms in total. The normalized spacial score (nSPS) is 13.7. The second-order valence-corrected chi connectivity index (χ2v) is 9.25. The van der Waals surface area contributed by atoms with Gasteiger partial charge in [-0.2, -0.15) is 13.2 Å². The van der Waals surface area contributed by atoms with Gasteiger partial charge in [-0.15, -0.1) is 0 Å². The molecule has 0 saturated heterocycles. The van der Waals surface area contributed by atoms with Crippen LogP contribution in [0.1, 0.15) is 40.7 Å². The Morgan fingerprint density at radius 1 is 1.11 bits per heavy atom. The number of alkyl halides is 3. The van der Waals surface area contributed by atoms with E-state index in [1.165, 1.54) is 0 Å². The van der Waals surface area contributed by atoms with Crippen molar-refractivity contribution in [2.24, 2.45) is 0 Å². The molecule has 36 heavy (non-hydrogen) atoms. The molecular weight excluding hydrogens is 467 g/mol. The van der Waals surface area contributed by atoms with Crippen LogP contribution in [0.3, 0.4) is 0 Å². The average Bonchev–Trinajstić information content (AvgIpc) is 3.52. The minimum absolute atomic E-state index is 0.0817. The van der Waals surface area contributed by atoms with Crippen LogP contribution in [0.2, 0.25) is 0 Å². The molecule has 1 fully saturated rings. The van der Waals surface area contributed by atoms with Crippen LogP contribution in [0.5, 0.6) is 0 Å². The average molecular weight is 494 g/mol. The van der Waals surface area contributed by atoms with Gasteiger partial charge in [-0.05, 0) is 50.5 Å². The van der Waals surface area contributed by atoms with Gasteiger partial charge in [0.25, 0.3) is 5.91 Å². The zero-order valence-corrected chi connectivity index (χ0v) is 20.0. The molecule has 2 N–H and O–H groups in total. The van der Waals surface area contributed by atoms with Gasteiger partial charge in [0, 0.05) is 35.5 Å². The zero-order chi connectivity index (χ0) is 25.4. The number of carbonyl (C=O) groups excluding carboxylic acids is 1. The fourth-order valence-corrected chi connectivity index (χ4v) is 4.16. The lowest BCUT2D eigenvalue weighted by molar-refractivity contribution is -0.131. The van der Waals surface area contributed by atoms with Crippen LogP contribution in [0, 0.1) is 13.8 Å². The molecule has 186 valence electrons. The fraction of sp³-hybridized carbons (Fsp3) is 0.296. The molecule has 2 aromatic heterocycles. The van der Waals surface area contributed by atoms with Crippen LogP contribution >= 0.6 is 0 Å². The molecule has 2 heterocycles. The molecule has 0 spiro atoms. The number of anilines is 1. The first-order valence-corrected chi connectivity index (χ1v) is 11.9.